The number of pyridine rings is 1. The molecule has 2 unspecified atom stereocenters. The Morgan fingerprint density at radius 1 is 1.38 bits per heavy atom. The zero-order chi connectivity index (χ0) is 17.3. The first-order valence-electron chi connectivity index (χ1n) is 7.39. The molecular weight excluding hydrogens is 353 g/mol. The predicted octanol–water partition coefficient (Wildman–Crippen LogP) is 4.26. The van der Waals surface area contributed by atoms with Gasteiger partial charge in [0, 0.05) is 11.1 Å². The summed E-state index contributed by atoms with van der Waals surface area (Å²) < 4.78 is 5.91. The van der Waals surface area contributed by atoms with Gasteiger partial charge in [0.1, 0.15) is 18.1 Å². The van der Waals surface area contributed by atoms with E-state index in [4.69, 9.17) is 27.9 Å². The lowest BCUT2D eigenvalue weighted by Crippen LogP contribution is -2.45. The van der Waals surface area contributed by atoms with Crippen molar-refractivity contribution in [2.45, 2.75) is 19.1 Å². The molecule has 3 rings (SSSR count). The first kappa shape index (κ1) is 17.0. The van der Waals surface area contributed by atoms with Gasteiger partial charge in [0.25, 0.3) is 5.69 Å². The van der Waals surface area contributed by atoms with E-state index in [0.29, 0.717) is 24.0 Å². The Balaban J connectivity index is 1.88. The highest BCUT2D eigenvalue weighted by Crippen LogP contribution is 2.33. The number of nitro groups is 1. The Labute approximate surface area is 149 Å². The number of morpholine rings is 1. The van der Waals surface area contributed by atoms with Gasteiger partial charge >= 0.3 is 0 Å². The highest BCUT2D eigenvalue weighted by atomic mass is 35.5. The summed E-state index contributed by atoms with van der Waals surface area (Å²) in [6, 6.07) is 8.87. The molecule has 1 aliphatic rings. The zero-order valence-corrected chi connectivity index (χ0v) is 14.4. The highest BCUT2D eigenvalue weighted by Gasteiger charge is 2.30. The SMILES string of the molecule is CC1COC(c2cccc(Cl)c2)CN1c1ncc([N+](=O)[O-])cc1Cl. The van der Waals surface area contributed by atoms with Crippen LogP contribution in [0.5, 0.6) is 0 Å². The van der Waals surface area contributed by atoms with Gasteiger partial charge in [-0.3, -0.25) is 10.1 Å². The van der Waals surface area contributed by atoms with Crippen LogP contribution in [0.15, 0.2) is 36.5 Å². The number of hydrogen-bond donors (Lipinski definition) is 0. The minimum atomic E-state index is -0.514. The fourth-order valence-corrected chi connectivity index (χ4v) is 3.16. The summed E-state index contributed by atoms with van der Waals surface area (Å²) in [6.07, 6.45) is 1.05. The molecule has 8 heteroatoms. The van der Waals surface area contributed by atoms with Crippen molar-refractivity contribution < 1.29 is 9.66 Å². The Morgan fingerprint density at radius 2 is 2.17 bits per heavy atom. The molecule has 1 saturated heterocycles. The molecule has 1 aliphatic heterocycles. The van der Waals surface area contributed by atoms with E-state index in [1.54, 1.807) is 0 Å². The van der Waals surface area contributed by atoms with E-state index < -0.39 is 4.92 Å². The van der Waals surface area contributed by atoms with E-state index in [2.05, 4.69) is 4.98 Å². The predicted molar refractivity (Wildman–Crippen MR) is 92.9 cm³/mol. The first-order valence-corrected chi connectivity index (χ1v) is 8.15. The molecular formula is C16H15Cl2N3O3. The van der Waals surface area contributed by atoms with Crippen molar-refractivity contribution in [3.8, 4) is 0 Å². The van der Waals surface area contributed by atoms with Crippen LogP contribution in [0.1, 0.15) is 18.6 Å². The molecule has 0 saturated carbocycles. The van der Waals surface area contributed by atoms with Crippen molar-refractivity contribution in [2.75, 3.05) is 18.1 Å². The van der Waals surface area contributed by atoms with Crippen LogP contribution < -0.4 is 4.90 Å². The molecule has 0 spiro atoms. The molecule has 0 bridgehead atoms. The number of nitrogens with zero attached hydrogens (tertiary/aromatic N) is 3. The van der Waals surface area contributed by atoms with Gasteiger partial charge < -0.3 is 9.64 Å². The Bertz CT molecular complexity index is 772. The molecule has 0 radical (unpaired) electrons. The molecule has 2 atom stereocenters. The lowest BCUT2D eigenvalue weighted by Gasteiger charge is -2.39. The topological polar surface area (TPSA) is 68.5 Å². The number of hydrogen-bond acceptors (Lipinski definition) is 5. The second-order valence-electron chi connectivity index (χ2n) is 5.63. The second kappa shape index (κ2) is 6.93. The summed E-state index contributed by atoms with van der Waals surface area (Å²) in [4.78, 5) is 16.5. The van der Waals surface area contributed by atoms with Crippen molar-refractivity contribution >= 4 is 34.7 Å². The molecule has 2 heterocycles. The summed E-state index contributed by atoms with van der Waals surface area (Å²) >= 11 is 12.3. The zero-order valence-electron chi connectivity index (χ0n) is 12.9. The van der Waals surface area contributed by atoms with E-state index in [1.165, 1.54) is 12.3 Å². The summed E-state index contributed by atoms with van der Waals surface area (Å²) in [5, 5.41) is 11.7. The van der Waals surface area contributed by atoms with Gasteiger partial charge in [-0.05, 0) is 24.6 Å². The maximum absolute atomic E-state index is 10.8. The maximum atomic E-state index is 10.8. The molecule has 1 aromatic heterocycles. The molecule has 6 nitrogen and oxygen atoms in total. The fraction of sp³-hybridized carbons (Fsp3) is 0.312. The van der Waals surface area contributed by atoms with Crippen molar-refractivity contribution in [1.29, 1.82) is 0 Å². The maximum Gasteiger partial charge on any atom is 0.289 e. The highest BCUT2D eigenvalue weighted by molar-refractivity contribution is 6.33. The number of halogens is 2. The molecule has 0 aliphatic carbocycles. The summed E-state index contributed by atoms with van der Waals surface area (Å²) in [5.41, 5.74) is 0.841. The van der Waals surface area contributed by atoms with Gasteiger partial charge in [0.05, 0.1) is 29.1 Å². The molecule has 126 valence electrons. The average molecular weight is 368 g/mol. The smallest absolute Gasteiger partial charge is 0.289 e. The van der Waals surface area contributed by atoms with Gasteiger partial charge in [-0.1, -0.05) is 35.3 Å². The Hall–Kier alpha value is -1.89. The first-order chi connectivity index (χ1) is 11.5. The van der Waals surface area contributed by atoms with E-state index in [-0.39, 0.29) is 22.9 Å². The van der Waals surface area contributed by atoms with Crippen LogP contribution in [-0.2, 0) is 4.74 Å². The van der Waals surface area contributed by atoms with E-state index in [9.17, 15) is 10.1 Å². The summed E-state index contributed by atoms with van der Waals surface area (Å²) in [5.74, 6) is 0.519. The van der Waals surface area contributed by atoms with Gasteiger partial charge in [0.15, 0.2) is 0 Å². The quantitative estimate of drug-likeness (QED) is 0.598. The number of anilines is 1. The van der Waals surface area contributed by atoms with Crippen molar-refractivity contribution in [1.82, 2.24) is 4.98 Å². The number of ether oxygens (including phenoxy) is 1. The Kier molecular flexibility index (Phi) is 4.89. The molecule has 1 aromatic carbocycles. The van der Waals surface area contributed by atoms with E-state index >= 15 is 0 Å². The molecule has 24 heavy (non-hydrogen) atoms. The van der Waals surface area contributed by atoms with Crippen LogP contribution in [0.3, 0.4) is 0 Å². The molecule has 0 N–H and O–H groups in total. The van der Waals surface area contributed by atoms with Crippen molar-refractivity contribution in [2.24, 2.45) is 0 Å². The second-order valence-corrected chi connectivity index (χ2v) is 6.48. The van der Waals surface area contributed by atoms with Gasteiger partial charge in [-0.25, -0.2) is 4.98 Å². The summed E-state index contributed by atoms with van der Waals surface area (Å²) in [6.45, 7) is 3.02. The van der Waals surface area contributed by atoms with Gasteiger partial charge in [-0.15, -0.1) is 0 Å². The molecule has 1 fully saturated rings. The lowest BCUT2D eigenvalue weighted by atomic mass is 10.1. The van der Waals surface area contributed by atoms with Gasteiger partial charge in [0.2, 0.25) is 0 Å². The monoisotopic (exact) mass is 367 g/mol. The van der Waals surface area contributed by atoms with Crippen LogP contribution in [0, 0.1) is 10.1 Å². The normalized spacial score (nSPS) is 20.9. The van der Waals surface area contributed by atoms with Crippen LogP contribution in [0.4, 0.5) is 11.5 Å². The van der Waals surface area contributed by atoms with E-state index in [0.717, 1.165) is 5.56 Å². The van der Waals surface area contributed by atoms with Crippen molar-refractivity contribution in [3.05, 3.63) is 62.3 Å². The summed E-state index contributed by atoms with van der Waals surface area (Å²) in [7, 11) is 0. The average Bonchev–Trinajstić information content (AvgIpc) is 2.55. The van der Waals surface area contributed by atoms with Gasteiger partial charge in [-0.2, -0.15) is 0 Å². The molecule has 2 aromatic rings. The largest absolute Gasteiger partial charge is 0.370 e. The van der Waals surface area contributed by atoms with Crippen LogP contribution in [-0.4, -0.2) is 29.1 Å². The number of aromatic nitrogens is 1. The van der Waals surface area contributed by atoms with Crippen molar-refractivity contribution in [3.63, 3.8) is 0 Å². The number of rotatable bonds is 3. The standard InChI is InChI=1S/C16H15Cl2N3O3/c1-10-9-24-15(11-3-2-4-12(17)5-11)8-20(10)16-14(18)6-13(7-19-16)21(22)23/h2-7,10,15H,8-9H2,1H3. The minimum absolute atomic E-state index is 0.0480. The number of benzene rings is 1. The van der Waals surface area contributed by atoms with Crippen LogP contribution >= 0.6 is 23.2 Å². The van der Waals surface area contributed by atoms with E-state index in [1.807, 2.05) is 36.1 Å². The third-order valence-electron chi connectivity index (χ3n) is 3.94. The third-order valence-corrected chi connectivity index (χ3v) is 4.46. The van der Waals surface area contributed by atoms with Crippen LogP contribution in [0.25, 0.3) is 0 Å². The molecule has 0 amide bonds. The third kappa shape index (κ3) is 3.45. The Morgan fingerprint density at radius 3 is 2.83 bits per heavy atom. The lowest BCUT2D eigenvalue weighted by molar-refractivity contribution is -0.385. The minimum Gasteiger partial charge on any atom is -0.370 e. The fourth-order valence-electron chi connectivity index (χ4n) is 2.69. The van der Waals surface area contributed by atoms with Crippen LogP contribution in [0.2, 0.25) is 10.0 Å².